The number of carbonyl (C=O) groups excluding carboxylic acids is 1. The predicted octanol–water partition coefficient (Wildman–Crippen LogP) is 3.18. The van der Waals surface area contributed by atoms with Crippen molar-refractivity contribution in [2.45, 2.75) is 13.5 Å². The number of aromatic nitrogens is 4. The number of para-hydroxylation sites is 1. The van der Waals surface area contributed by atoms with Crippen LogP contribution in [0.3, 0.4) is 0 Å². The van der Waals surface area contributed by atoms with E-state index in [1.807, 2.05) is 43.3 Å². The van der Waals surface area contributed by atoms with Gasteiger partial charge < -0.3 is 5.32 Å². The smallest absolute Gasteiger partial charge is 0.264 e. The fourth-order valence-corrected chi connectivity index (χ4v) is 3.03. The molecule has 8 heteroatoms. The van der Waals surface area contributed by atoms with Gasteiger partial charge in [-0.1, -0.05) is 35.9 Å². The van der Waals surface area contributed by atoms with Gasteiger partial charge in [0.05, 0.1) is 11.9 Å². The molecule has 0 radical (unpaired) electrons. The first-order chi connectivity index (χ1) is 13.5. The highest BCUT2D eigenvalue weighted by atomic mass is 35.5. The van der Waals surface area contributed by atoms with Crippen molar-refractivity contribution in [2.75, 3.05) is 5.32 Å². The molecular weight excluding hydrogens is 378 g/mol. The standard InChI is InChI=1S/C20H16ClN5O2/c1-13-7-8-14(9-17(13)21)24-18(27)11-25-12-22-19-16(20(25)28)10-23-26(19)15-5-3-2-4-6-15/h2-10,12H,11H2,1H3,(H,24,27). The maximum atomic E-state index is 12.7. The van der Waals surface area contributed by atoms with Crippen LogP contribution in [-0.4, -0.2) is 25.2 Å². The summed E-state index contributed by atoms with van der Waals surface area (Å²) >= 11 is 6.08. The van der Waals surface area contributed by atoms with E-state index in [9.17, 15) is 9.59 Å². The second kappa shape index (κ2) is 7.28. The number of aryl methyl sites for hydroxylation is 1. The number of amides is 1. The summed E-state index contributed by atoms with van der Waals surface area (Å²) < 4.78 is 2.85. The molecule has 4 aromatic rings. The molecule has 2 aromatic carbocycles. The number of nitrogens with zero attached hydrogens (tertiary/aromatic N) is 4. The van der Waals surface area contributed by atoms with Crippen molar-refractivity contribution in [3.8, 4) is 5.69 Å². The molecule has 1 N–H and O–H groups in total. The van der Waals surface area contributed by atoms with Gasteiger partial charge in [0, 0.05) is 10.7 Å². The fraction of sp³-hybridized carbons (Fsp3) is 0.100. The Kier molecular flexibility index (Phi) is 4.67. The van der Waals surface area contributed by atoms with E-state index >= 15 is 0 Å². The van der Waals surface area contributed by atoms with Gasteiger partial charge in [0.1, 0.15) is 18.3 Å². The van der Waals surface area contributed by atoms with Crippen LogP contribution in [0.15, 0.2) is 65.8 Å². The Balaban J connectivity index is 1.59. The maximum absolute atomic E-state index is 12.7. The molecule has 7 nitrogen and oxygen atoms in total. The lowest BCUT2D eigenvalue weighted by Gasteiger charge is -2.09. The topological polar surface area (TPSA) is 81.8 Å². The van der Waals surface area contributed by atoms with E-state index in [1.54, 1.807) is 16.8 Å². The molecule has 0 aliphatic heterocycles. The number of halogens is 1. The molecule has 0 bridgehead atoms. The Hall–Kier alpha value is -3.45. The van der Waals surface area contributed by atoms with Crippen molar-refractivity contribution in [3.05, 3.63) is 82.0 Å². The second-order valence-electron chi connectivity index (χ2n) is 6.32. The average Bonchev–Trinajstić information content (AvgIpc) is 3.12. The normalized spacial score (nSPS) is 10.9. The van der Waals surface area contributed by atoms with Gasteiger partial charge in [-0.05, 0) is 36.8 Å². The molecule has 140 valence electrons. The van der Waals surface area contributed by atoms with Crippen molar-refractivity contribution < 1.29 is 4.79 Å². The number of benzene rings is 2. The van der Waals surface area contributed by atoms with Gasteiger partial charge in [0.2, 0.25) is 5.91 Å². The van der Waals surface area contributed by atoms with Gasteiger partial charge >= 0.3 is 0 Å². The van der Waals surface area contributed by atoms with Crippen LogP contribution in [-0.2, 0) is 11.3 Å². The lowest BCUT2D eigenvalue weighted by Crippen LogP contribution is -2.27. The summed E-state index contributed by atoms with van der Waals surface area (Å²) in [6.07, 6.45) is 2.82. The molecule has 0 atom stereocenters. The highest BCUT2D eigenvalue weighted by Crippen LogP contribution is 2.20. The molecule has 0 saturated heterocycles. The molecular formula is C20H16ClN5O2. The lowest BCUT2D eigenvalue weighted by atomic mass is 10.2. The summed E-state index contributed by atoms with van der Waals surface area (Å²) in [5, 5.41) is 7.90. The Morgan fingerprint density at radius 2 is 1.96 bits per heavy atom. The maximum Gasteiger partial charge on any atom is 0.264 e. The number of hydrogen-bond donors (Lipinski definition) is 1. The van der Waals surface area contributed by atoms with Crippen molar-refractivity contribution in [1.82, 2.24) is 19.3 Å². The van der Waals surface area contributed by atoms with Crippen LogP contribution in [0.4, 0.5) is 5.69 Å². The second-order valence-corrected chi connectivity index (χ2v) is 6.73. The molecule has 0 aliphatic rings. The van der Waals surface area contributed by atoms with Crippen molar-refractivity contribution in [1.29, 1.82) is 0 Å². The Morgan fingerprint density at radius 3 is 2.71 bits per heavy atom. The van der Waals surface area contributed by atoms with Crippen molar-refractivity contribution >= 4 is 34.2 Å². The van der Waals surface area contributed by atoms with E-state index in [4.69, 9.17) is 11.6 Å². The number of nitrogens with one attached hydrogen (secondary N) is 1. The van der Waals surface area contributed by atoms with E-state index in [0.717, 1.165) is 11.3 Å². The number of hydrogen-bond acceptors (Lipinski definition) is 4. The molecule has 2 aromatic heterocycles. The average molecular weight is 394 g/mol. The summed E-state index contributed by atoms with van der Waals surface area (Å²) in [6.45, 7) is 1.72. The van der Waals surface area contributed by atoms with Crippen LogP contribution in [0.25, 0.3) is 16.7 Å². The van der Waals surface area contributed by atoms with E-state index in [-0.39, 0.29) is 18.0 Å². The summed E-state index contributed by atoms with van der Waals surface area (Å²) in [5.41, 5.74) is 2.40. The van der Waals surface area contributed by atoms with Gasteiger partial charge in [0.25, 0.3) is 5.56 Å². The van der Waals surface area contributed by atoms with Crippen LogP contribution in [0, 0.1) is 6.92 Å². The molecule has 1 amide bonds. The third kappa shape index (κ3) is 3.39. The molecule has 0 unspecified atom stereocenters. The van der Waals surface area contributed by atoms with Crippen LogP contribution in [0.1, 0.15) is 5.56 Å². The first kappa shape index (κ1) is 17.9. The molecule has 28 heavy (non-hydrogen) atoms. The Morgan fingerprint density at radius 1 is 1.18 bits per heavy atom. The van der Waals surface area contributed by atoms with Crippen LogP contribution in [0.2, 0.25) is 5.02 Å². The number of rotatable bonds is 4. The van der Waals surface area contributed by atoms with Crippen LogP contribution in [0.5, 0.6) is 0 Å². The summed E-state index contributed by atoms with van der Waals surface area (Å²) in [6, 6.07) is 14.7. The first-order valence-electron chi connectivity index (χ1n) is 8.57. The van der Waals surface area contributed by atoms with Gasteiger partial charge in [0.15, 0.2) is 5.65 Å². The minimum Gasteiger partial charge on any atom is -0.324 e. The summed E-state index contributed by atoms with van der Waals surface area (Å²) in [4.78, 5) is 29.4. The minimum absolute atomic E-state index is 0.163. The zero-order chi connectivity index (χ0) is 19.7. The Labute approximate surface area is 165 Å². The van der Waals surface area contributed by atoms with E-state index in [2.05, 4.69) is 15.4 Å². The summed E-state index contributed by atoms with van der Waals surface area (Å²) in [5.74, 6) is -0.348. The first-order valence-corrected chi connectivity index (χ1v) is 8.95. The molecule has 0 aliphatic carbocycles. The van der Waals surface area contributed by atoms with Crippen molar-refractivity contribution in [2.24, 2.45) is 0 Å². The number of fused-ring (bicyclic) bond motifs is 1. The molecule has 0 saturated carbocycles. The van der Waals surface area contributed by atoms with Gasteiger partial charge in [-0.15, -0.1) is 0 Å². The van der Waals surface area contributed by atoms with Crippen LogP contribution >= 0.6 is 11.6 Å². The zero-order valence-corrected chi connectivity index (χ0v) is 15.7. The summed E-state index contributed by atoms with van der Waals surface area (Å²) in [7, 11) is 0. The molecule has 2 heterocycles. The quantitative estimate of drug-likeness (QED) is 0.577. The molecule has 4 rings (SSSR count). The monoisotopic (exact) mass is 393 g/mol. The highest BCUT2D eigenvalue weighted by molar-refractivity contribution is 6.31. The fourth-order valence-electron chi connectivity index (χ4n) is 2.85. The highest BCUT2D eigenvalue weighted by Gasteiger charge is 2.13. The number of anilines is 1. The Bertz CT molecular complexity index is 1230. The largest absolute Gasteiger partial charge is 0.324 e. The van der Waals surface area contributed by atoms with Gasteiger partial charge in [-0.3, -0.25) is 14.2 Å². The van der Waals surface area contributed by atoms with Gasteiger partial charge in [-0.2, -0.15) is 5.10 Å². The third-order valence-electron chi connectivity index (χ3n) is 4.32. The zero-order valence-electron chi connectivity index (χ0n) is 15.0. The van der Waals surface area contributed by atoms with E-state index < -0.39 is 0 Å². The molecule has 0 spiro atoms. The van der Waals surface area contributed by atoms with E-state index in [0.29, 0.717) is 21.7 Å². The lowest BCUT2D eigenvalue weighted by molar-refractivity contribution is -0.116. The van der Waals surface area contributed by atoms with Gasteiger partial charge in [-0.25, -0.2) is 9.67 Å². The van der Waals surface area contributed by atoms with E-state index in [1.165, 1.54) is 17.1 Å². The predicted molar refractivity (Wildman–Crippen MR) is 108 cm³/mol. The SMILES string of the molecule is Cc1ccc(NC(=O)Cn2cnc3c(cnn3-c3ccccc3)c2=O)cc1Cl. The van der Waals surface area contributed by atoms with Crippen molar-refractivity contribution in [3.63, 3.8) is 0 Å². The van der Waals surface area contributed by atoms with Crippen LogP contribution < -0.4 is 10.9 Å². The minimum atomic E-state index is -0.348. The molecule has 0 fully saturated rings. The number of carbonyl (C=O) groups is 1. The third-order valence-corrected chi connectivity index (χ3v) is 4.73.